The lowest BCUT2D eigenvalue weighted by molar-refractivity contribution is -0.123. The summed E-state index contributed by atoms with van der Waals surface area (Å²) in [5.74, 6) is 0.683. The summed E-state index contributed by atoms with van der Waals surface area (Å²) in [6, 6.07) is 0. The minimum Gasteiger partial charge on any atom is -0.354 e. The second-order valence-electron chi connectivity index (χ2n) is 5.30. The molecular weight excluding hydrogens is 242 g/mol. The number of nitrogens with one attached hydrogen (secondary N) is 2. The van der Waals surface area contributed by atoms with Gasteiger partial charge < -0.3 is 16.4 Å². The largest absolute Gasteiger partial charge is 0.354 e. The molecule has 0 aromatic carbocycles. The molecule has 0 unspecified atom stereocenters. The van der Waals surface area contributed by atoms with Gasteiger partial charge in [0, 0.05) is 25.9 Å². The van der Waals surface area contributed by atoms with E-state index >= 15 is 0 Å². The van der Waals surface area contributed by atoms with E-state index in [4.69, 9.17) is 5.73 Å². The fourth-order valence-electron chi connectivity index (χ4n) is 2.48. The summed E-state index contributed by atoms with van der Waals surface area (Å²) in [6.45, 7) is 1.55. The first-order valence-corrected chi connectivity index (χ1v) is 7.46. The Kier molecular flexibility index (Phi) is 8.21. The Morgan fingerprint density at radius 2 is 1.63 bits per heavy atom. The van der Waals surface area contributed by atoms with E-state index in [-0.39, 0.29) is 11.8 Å². The Labute approximate surface area is 115 Å². The third-order valence-corrected chi connectivity index (χ3v) is 3.58. The van der Waals surface area contributed by atoms with Gasteiger partial charge in [-0.15, -0.1) is 0 Å². The molecule has 4 N–H and O–H groups in total. The van der Waals surface area contributed by atoms with Gasteiger partial charge >= 0.3 is 0 Å². The van der Waals surface area contributed by atoms with Crippen LogP contribution in [-0.2, 0) is 9.59 Å². The molecule has 1 aliphatic rings. The minimum atomic E-state index is 0.00646. The fourth-order valence-corrected chi connectivity index (χ4v) is 2.48. The van der Waals surface area contributed by atoms with E-state index in [1.165, 1.54) is 32.1 Å². The van der Waals surface area contributed by atoms with Gasteiger partial charge in [0.1, 0.15) is 0 Å². The van der Waals surface area contributed by atoms with E-state index in [0.29, 0.717) is 44.8 Å². The molecule has 0 radical (unpaired) electrons. The van der Waals surface area contributed by atoms with Crippen LogP contribution >= 0.6 is 0 Å². The highest BCUT2D eigenvalue weighted by Crippen LogP contribution is 2.25. The van der Waals surface area contributed by atoms with Crippen LogP contribution in [0.15, 0.2) is 0 Å². The van der Waals surface area contributed by atoms with Gasteiger partial charge in [0.25, 0.3) is 0 Å². The van der Waals surface area contributed by atoms with Crippen molar-refractivity contribution in [2.45, 2.75) is 51.4 Å². The molecule has 0 heterocycles. The van der Waals surface area contributed by atoms with Crippen molar-refractivity contribution in [3.8, 4) is 0 Å². The van der Waals surface area contributed by atoms with Crippen molar-refractivity contribution in [1.29, 1.82) is 0 Å². The van der Waals surface area contributed by atoms with Crippen LogP contribution in [0.3, 0.4) is 0 Å². The third-order valence-electron chi connectivity index (χ3n) is 3.58. The molecule has 0 atom stereocenters. The maximum Gasteiger partial charge on any atom is 0.220 e. The van der Waals surface area contributed by atoms with Crippen LogP contribution < -0.4 is 16.4 Å². The smallest absolute Gasteiger partial charge is 0.220 e. The number of hydrogen-bond donors (Lipinski definition) is 3. The van der Waals surface area contributed by atoms with Crippen molar-refractivity contribution in [3.05, 3.63) is 0 Å². The molecule has 0 aromatic rings. The first kappa shape index (κ1) is 16.0. The van der Waals surface area contributed by atoms with E-state index in [9.17, 15) is 9.59 Å². The molecular formula is C14H27N3O2. The van der Waals surface area contributed by atoms with Crippen molar-refractivity contribution in [1.82, 2.24) is 10.6 Å². The van der Waals surface area contributed by atoms with Gasteiger partial charge in [0.2, 0.25) is 11.8 Å². The molecule has 5 heteroatoms. The molecule has 0 aliphatic heterocycles. The fraction of sp³-hybridized carbons (Fsp3) is 0.857. The molecule has 19 heavy (non-hydrogen) atoms. The SMILES string of the molecule is NCCCC(=O)NCCNC(=O)CC1CCCCC1. The monoisotopic (exact) mass is 269 g/mol. The number of nitrogens with two attached hydrogens (primary N) is 1. The zero-order valence-electron chi connectivity index (χ0n) is 11.7. The average molecular weight is 269 g/mol. The van der Waals surface area contributed by atoms with E-state index in [2.05, 4.69) is 10.6 Å². The summed E-state index contributed by atoms with van der Waals surface area (Å²) in [7, 11) is 0. The Bertz CT molecular complexity index is 276. The predicted octanol–water partition coefficient (Wildman–Crippen LogP) is 0.928. The van der Waals surface area contributed by atoms with E-state index in [1.807, 2.05) is 0 Å². The minimum absolute atomic E-state index is 0.00646. The second-order valence-corrected chi connectivity index (χ2v) is 5.30. The van der Waals surface area contributed by atoms with Crippen molar-refractivity contribution in [2.75, 3.05) is 19.6 Å². The quantitative estimate of drug-likeness (QED) is 0.573. The summed E-state index contributed by atoms with van der Waals surface area (Å²) in [5, 5.41) is 5.63. The van der Waals surface area contributed by atoms with Crippen molar-refractivity contribution in [2.24, 2.45) is 11.7 Å². The van der Waals surface area contributed by atoms with Crippen LogP contribution in [0.5, 0.6) is 0 Å². The van der Waals surface area contributed by atoms with Crippen LogP contribution in [0.2, 0.25) is 0 Å². The molecule has 1 fully saturated rings. The van der Waals surface area contributed by atoms with E-state index in [0.717, 1.165) is 0 Å². The molecule has 0 saturated heterocycles. The first-order valence-electron chi connectivity index (χ1n) is 7.46. The standard InChI is InChI=1S/C14H27N3O2/c15-8-4-7-13(18)16-9-10-17-14(19)11-12-5-2-1-3-6-12/h12H,1-11,15H2,(H,16,18)(H,17,19). The second kappa shape index (κ2) is 9.78. The Balaban J connectivity index is 1.99. The Morgan fingerprint density at radius 1 is 1.00 bits per heavy atom. The van der Waals surface area contributed by atoms with Crippen molar-refractivity contribution in [3.63, 3.8) is 0 Å². The molecule has 110 valence electrons. The summed E-state index contributed by atoms with van der Waals surface area (Å²) < 4.78 is 0. The highest BCUT2D eigenvalue weighted by atomic mass is 16.2. The van der Waals surface area contributed by atoms with Gasteiger partial charge in [-0.05, 0) is 31.7 Å². The number of carbonyl (C=O) groups is 2. The Hall–Kier alpha value is -1.10. The number of carbonyl (C=O) groups excluding carboxylic acids is 2. The molecule has 1 saturated carbocycles. The third kappa shape index (κ3) is 7.82. The topological polar surface area (TPSA) is 84.2 Å². The highest BCUT2D eigenvalue weighted by Gasteiger charge is 2.16. The number of rotatable bonds is 8. The Morgan fingerprint density at radius 3 is 2.26 bits per heavy atom. The summed E-state index contributed by atoms with van der Waals surface area (Å²) >= 11 is 0. The van der Waals surface area contributed by atoms with Crippen LogP contribution in [0, 0.1) is 5.92 Å². The highest BCUT2D eigenvalue weighted by molar-refractivity contribution is 5.77. The van der Waals surface area contributed by atoms with E-state index < -0.39 is 0 Å². The lowest BCUT2D eigenvalue weighted by Gasteiger charge is -2.20. The zero-order valence-corrected chi connectivity index (χ0v) is 11.7. The zero-order chi connectivity index (χ0) is 13.9. The van der Waals surface area contributed by atoms with Crippen LogP contribution in [-0.4, -0.2) is 31.4 Å². The maximum absolute atomic E-state index is 11.7. The molecule has 0 spiro atoms. The number of amides is 2. The lowest BCUT2D eigenvalue weighted by atomic mass is 9.87. The summed E-state index contributed by atoms with van der Waals surface area (Å²) in [6.07, 6.45) is 8.01. The molecule has 5 nitrogen and oxygen atoms in total. The van der Waals surface area contributed by atoms with Gasteiger partial charge in [-0.1, -0.05) is 19.3 Å². The van der Waals surface area contributed by atoms with Crippen molar-refractivity contribution >= 4 is 11.8 Å². The molecule has 1 aliphatic carbocycles. The average Bonchev–Trinajstić information content (AvgIpc) is 2.42. The van der Waals surface area contributed by atoms with Gasteiger partial charge in [-0.3, -0.25) is 9.59 Å². The first-order chi connectivity index (χ1) is 9.22. The van der Waals surface area contributed by atoms with Crippen LogP contribution in [0.1, 0.15) is 51.4 Å². The van der Waals surface area contributed by atoms with Gasteiger partial charge in [0.05, 0.1) is 0 Å². The predicted molar refractivity (Wildman–Crippen MR) is 75.5 cm³/mol. The van der Waals surface area contributed by atoms with E-state index in [1.54, 1.807) is 0 Å². The maximum atomic E-state index is 11.7. The molecule has 2 amide bonds. The lowest BCUT2D eigenvalue weighted by Crippen LogP contribution is -2.35. The van der Waals surface area contributed by atoms with Crippen LogP contribution in [0.25, 0.3) is 0 Å². The molecule has 0 aromatic heterocycles. The van der Waals surface area contributed by atoms with Gasteiger partial charge in [-0.2, -0.15) is 0 Å². The van der Waals surface area contributed by atoms with Crippen LogP contribution in [0.4, 0.5) is 0 Å². The summed E-state index contributed by atoms with van der Waals surface area (Å²) in [4.78, 5) is 23.0. The number of hydrogen-bond acceptors (Lipinski definition) is 3. The summed E-state index contributed by atoms with van der Waals surface area (Å²) in [5.41, 5.74) is 5.32. The van der Waals surface area contributed by atoms with Crippen molar-refractivity contribution < 1.29 is 9.59 Å². The molecule has 1 rings (SSSR count). The normalized spacial score (nSPS) is 16.1. The van der Waals surface area contributed by atoms with Gasteiger partial charge in [0.15, 0.2) is 0 Å². The van der Waals surface area contributed by atoms with Gasteiger partial charge in [-0.25, -0.2) is 0 Å². The molecule has 0 bridgehead atoms.